The highest BCUT2D eigenvalue weighted by molar-refractivity contribution is 4.52. The third-order valence-electron chi connectivity index (χ3n) is 2.93. The summed E-state index contributed by atoms with van der Waals surface area (Å²) in [5.74, 6) is 0. The van der Waals surface area contributed by atoms with Gasteiger partial charge in [-0.05, 0) is 7.05 Å². The number of nitrogens with zero attached hydrogens (tertiary/aromatic N) is 1. The molecular formula is C13H29N3O3. The van der Waals surface area contributed by atoms with Gasteiger partial charge in [0.25, 0.3) is 0 Å². The molecule has 1 saturated heterocycles. The van der Waals surface area contributed by atoms with Crippen LogP contribution >= 0.6 is 0 Å². The zero-order valence-corrected chi connectivity index (χ0v) is 12.2. The summed E-state index contributed by atoms with van der Waals surface area (Å²) in [6.45, 7) is 9.99. The molecule has 0 aliphatic carbocycles. The second-order valence-corrected chi connectivity index (χ2v) is 4.64. The average molecular weight is 275 g/mol. The summed E-state index contributed by atoms with van der Waals surface area (Å²) >= 11 is 0. The average Bonchev–Trinajstić information content (AvgIpc) is 2.41. The number of hydrogen-bond acceptors (Lipinski definition) is 6. The van der Waals surface area contributed by atoms with Crippen molar-refractivity contribution in [2.45, 2.75) is 0 Å². The molecule has 0 unspecified atom stereocenters. The molecule has 1 fully saturated rings. The second kappa shape index (κ2) is 12.8. The Hall–Kier alpha value is -0.240. The topological polar surface area (TPSA) is 55.0 Å². The Labute approximate surface area is 116 Å². The van der Waals surface area contributed by atoms with Gasteiger partial charge in [0, 0.05) is 39.3 Å². The first-order chi connectivity index (χ1) is 9.39. The van der Waals surface area contributed by atoms with E-state index in [4.69, 9.17) is 14.2 Å². The van der Waals surface area contributed by atoms with E-state index in [2.05, 4.69) is 22.6 Å². The van der Waals surface area contributed by atoms with E-state index in [0.717, 1.165) is 78.9 Å². The van der Waals surface area contributed by atoms with Gasteiger partial charge >= 0.3 is 0 Å². The third kappa shape index (κ3) is 11.3. The molecule has 0 aromatic heterocycles. The van der Waals surface area contributed by atoms with Gasteiger partial charge in [0.1, 0.15) is 0 Å². The lowest BCUT2D eigenvalue weighted by molar-refractivity contribution is 0.0810. The van der Waals surface area contributed by atoms with Gasteiger partial charge in [-0.2, -0.15) is 0 Å². The first kappa shape index (κ1) is 16.8. The van der Waals surface area contributed by atoms with Crippen LogP contribution in [0.5, 0.6) is 0 Å². The summed E-state index contributed by atoms with van der Waals surface area (Å²) < 4.78 is 16.6. The van der Waals surface area contributed by atoms with Crippen LogP contribution in [0.3, 0.4) is 0 Å². The van der Waals surface area contributed by atoms with E-state index in [1.807, 2.05) is 0 Å². The molecule has 114 valence electrons. The molecule has 6 nitrogen and oxygen atoms in total. The number of likely N-dealkylation sites (N-methyl/N-ethyl adjacent to an activating group) is 1. The minimum atomic E-state index is 0.751. The smallest absolute Gasteiger partial charge is 0.0593 e. The van der Waals surface area contributed by atoms with Crippen LogP contribution in [0.2, 0.25) is 0 Å². The predicted molar refractivity (Wildman–Crippen MR) is 75.7 cm³/mol. The molecule has 1 heterocycles. The first-order valence-electron chi connectivity index (χ1n) is 7.23. The van der Waals surface area contributed by atoms with E-state index in [-0.39, 0.29) is 0 Å². The van der Waals surface area contributed by atoms with E-state index in [1.165, 1.54) is 0 Å². The molecule has 0 radical (unpaired) electrons. The highest BCUT2D eigenvalue weighted by Crippen LogP contribution is 1.85. The number of rotatable bonds is 0. The van der Waals surface area contributed by atoms with Crippen molar-refractivity contribution in [3.63, 3.8) is 0 Å². The molecule has 0 aromatic carbocycles. The maximum atomic E-state index is 5.55. The van der Waals surface area contributed by atoms with Gasteiger partial charge in [-0.1, -0.05) is 0 Å². The molecule has 0 aromatic rings. The van der Waals surface area contributed by atoms with Gasteiger partial charge < -0.3 is 29.7 Å². The fourth-order valence-electron chi connectivity index (χ4n) is 1.69. The summed E-state index contributed by atoms with van der Waals surface area (Å²) in [6, 6.07) is 0. The Morgan fingerprint density at radius 3 is 1.42 bits per heavy atom. The monoisotopic (exact) mass is 275 g/mol. The number of ether oxygens (including phenoxy) is 3. The lowest BCUT2D eigenvalue weighted by atomic mass is 10.5. The highest BCUT2D eigenvalue weighted by Gasteiger charge is 1.99. The van der Waals surface area contributed by atoms with Crippen LogP contribution in [-0.2, 0) is 14.2 Å². The lowest BCUT2D eigenvalue weighted by Crippen LogP contribution is -2.31. The zero-order valence-electron chi connectivity index (χ0n) is 12.2. The Morgan fingerprint density at radius 2 is 1.00 bits per heavy atom. The molecule has 0 spiro atoms. The summed E-state index contributed by atoms with van der Waals surface area (Å²) in [5, 5.41) is 6.59. The molecule has 0 bridgehead atoms. The van der Waals surface area contributed by atoms with Crippen molar-refractivity contribution < 1.29 is 14.2 Å². The van der Waals surface area contributed by atoms with Crippen LogP contribution in [0.1, 0.15) is 0 Å². The standard InChI is InChI=1S/C13H29N3O3/c1-16-6-12-18-10-4-14-2-8-17-9-3-15-5-11-19-13-7-16/h14-15H,2-13H2,1H3. The summed E-state index contributed by atoms with van der Waals surface area (Å²) in [7, 11) is 2.10. The summed E-state index contributed by atoms with van der Waals surface area (Å²) in [5.41, 5.74) is 0. The summed E-state index contributed by atoms with van der Waals surface area (Å²) in [6.07, 6.45) is 0. The molecule has 19 heavy (non-hydrogen) atoms. The first-order valence-corrected chi connectivity index (χ1v) is 7.23. The van der Waals surface area contributed by atoms with Gasteiger partial charge in [0.15, 0.2) is 0 Å². The van der Waals surface area contributed by atoms with Gasteiger partial charge in [0.05, 0.1) is 39.6 Å². The fraction of sp³-hybridized carbons (Fsp3) is 1.00. The van der Waals surface area contributed by atoms with E-state index in [1.54, 1.807) is 0 Å². The molecule has 6 heteroatoms. The van der Waals surface area contributed by atoms with Gasteiger partial charge in [-0.3, -0.25) is 0 Å². The minimum Gasteiger partial charge on any atom is -0.379 e. The van der Waals surface area contributed by atoms with Crippen molar-refractivity contribution in [1.82, 2.24) is 15.5 Å². The Balaban J connectivity index is 2.08. The molecule has 0 amide bonds. The van der Waals surface area contributed by atoms with Crippen LogP contribution in [-0.4, -0.2) is 90.9 Å². The van der Waals surface area contributed by atoms with Crippen molar-refractivity contribution in [3.05, 3.63) is 0 Å². The van der Waals surface area contributed by atoms with Crippen molar-refractivity contribution in [1.29, 1.82) is 0 Å². The number of hydrogen-bond donors (Lipinski definition) is 2. The largest absolute Gasteiger partial charge is 0.379 e. The normalized spacial score (nSPS) is 24.5. The molecule has 1 rings (SSSR count). The third-order valence-corrected chi connectivity index (χ3v) is 2.93. The summed E-state index contributed by atoms with van der Waals surface area (Å²) in [4.78, 5) is 2.23. The maximum Gasteiger partial charge on any atom is 0.0593 e. The molecule has 2 N–H and O–H groups in total. The number of nitrogens with one attached hydrogen (secondary N) is 2. The Morgan fingerprint density at radius 1 is 0.632 bits per heavy atom. The van der Waals surface area contributed by atoms with E-state index in [0.29, 0.717) is 0 Å². The van der Waals surface area contributed by atoms with Crippen LogP contribution in [0.25, 0.3) is 0 Å². The molecule has 0 atom stereocenters. The van der Waals surface area contributed by atoms with Gasteiger partial charge in [-0.25, -0.2) is 0 Å². The predicted octanol–water partition coefficient (Wildman–Crippen LogP) is -0.839. The zero-order chi connectivity index (χ0) is 13.6. The van der Waals surface area contributed by atoms with E-state index >= 15 is 0 Å². The van der Waals surface area contributed by atoms with Crippen molar-refractivity contribution >= 4 is 0 Å². The SMILES string of the molecule is CN1CCOCCNCCOCCNCCOCC1. The fourth-order valence-corrected chi connectivity index (χ4v) is 1.69. The van der Waals surface area contributed by atoms with Crippen LogP contribution in [0, 0.1) is 0 Å². The van der Waals surface area contributed by atoms with Crippen LogP contribution in [0.15, 0.2) is 0 Å². The Kier molecular flexibility index (Phi) is 11.3. The van der Waals surface area contributed by atoms with E-state index < -0.39 is 0 Å². The van der Waals surface area contributed by atoms with Crippen molar-refractivity contribution in [2.75, 3.05) is 86.0 Å². The van der Waals surface area contributed by atoms with Crippen molar-refractivity contribution in [2.24, 2.45) is 0 Å². The van der Waals surface area contributed by atoms with Crippen molar-refractivity contribution in [3.8, 4) is 0 Å². The van der Waals surface area contributed by atoms with Crippen LogP contribution < -0.4 is 10.6 Å². The molecule has 0 saturated carbocycles. The van der Waals surface area contributed by atoms with Gasteiger partial charge in [-0.15, -0.1) is 0 Å². The maximum absolute atomic E-state index is 5.55. The molecule has 1 aliphatic rings. The highest BCUT2D eigenvalue weighted by atomic mass is 16.5. The Bertz CT molecular complexity index is 178. The lowest BCUT2D eigenvalue weighted by Gasteiger charge is -2.17. The van der Waals surface area contributed by atoms with E-state index in [9.17, 15) is 0 Å². The molecule has 1 aliphatic heterocycles. The quantitative estimate of drug-likeness (QED) is 0.601. The minimum absolute atomic E-state index is 0.751. The second-order valence-electron chi connectivity index (χ2n) is 4.64. The molecular weight excluding hydrogens is 246 g/mol. The van der Waals surface area contributed by atoms with Gasteiger partial charge in [0.2, 0.25) is 0 Å². The van der Waals surface area contributed by atoms with Crippen LogP contribution in [0.4, 0.5) is 0 Å².